The highest BCUT2D eigenvalue weighted by atomic mass is 79.9. The minimum absolute atomic E-state index is 0.306. The Labute approximate surface area is 138 Å². The Hall–Kier alpha value is -2.14. The number of nitrogens with one attached hydrogen (secondary N) is 1. The van der Waals surface area contributed by atoms with Gasteiger partial charge in [-0.25, -0.2) is 5.43 Å². The summed E-state index contributed by atoms with van der Waals surface area (Å²) in [6.07, 6.45) is 0.955. The summed E-state index contributed by atoms with van der Waals surface area (Å²) in [6, 6.07) is 15.2. The Kier molecular flexibility index (Phi) is 5.72. The first-order valence-electron chi connectivity index (χ1n) is 6.87. The fraction of sp³-hybridized carbons (Fsp3) is 0.176. The molecule has 114 valence electrons. The van der Waals surface area contributed by atoms with Crippen LogP contribution in [-0.2, 0) is 4.79 Å². The lowest BCUT2D eigenvalue weighted by molar-refractivity contribution is -0.127. The number of amides is 1. The van der Waals surface area contributed by atoms with Gasteiger partial charge in [-0.2, -0.15) is 5.10 Å². The van der Waals surface area contributed by atoms with Crippen molar-refractivity contribution >= 4 is 28.1 Å². The molecular weight excluding hydrogens is 344 g/mol. The van der Waals surface area contributed by atoms with Gasteiger partial charge in [-0.15, -0.1) is 0 Å². The average Bonchev–Trinajstić information content (AvgIpc) is 2.51. The Morgan fingerprint density at radius 3 is 2.59 bits per heavy atom. The molecule has 0 radical (unpaired) electrons. The largest absolute Gasteiger partial charge is 0.480 e. The van der Waals surface area contributed by atoms with Crippen LogP contribution in [0.2, 0.25) is 0 Å². The van der Waals surface area contributed by atoms with Crippen molar-refractivity contribution in [3.8, 4) is 5.75 Å². The Balaban J connectivity index is 1.89. The molecule has 0 aliphatic rings. The van der Waals surface area contributed by atoms with Gasteiger partial charge in [-0.05, 0) is 47.5 Å². The standard InChI is InChI=1S/C17H17BrN2O2/c1-12-7-9-14(10-8-12)11-19-20-17(21)13(2)22-16-6-4-3-5-15(16)18/h3-11,13H,1-2H3,(H,20,21)/t13-/m1/s1. The number of halogens is 1. The van der Waals surface area contributed by atoms with Gasteiger partial charge in [-0.1, -0.05) is 42.0 Å². The van der Waals surface area contributed by atoms with Crippen molar-refractivity contribution in [2.45, 2.75) is 20.0 Å². The summed E-state index contributed by atoms with van der Waals surface area (Å²) in [5, 5.41) is 3.94. The van der Waals surface area contributed by atoms with Crippen LogP contribution in [0.15, 0.2) is 58.1 Å². The fourth-order valence-corrected chi connectivity index (χ4v) is 2.08. The van der Waals surface area contributed by atoms with Crippen LogP contribution in [0.3, 0.4) is 0 Å². The number of rotatable bonds is 5. The van der Waals surface area contributed by atoms with E-state index in [2.05, 4.69) is 26.5 Å². The average molecular weight is 361 g/mol. The molecule has 1 amide bonds. The minimum Gasteiger partial charge on any atom is -0.480 e. The monoisotopic (exact) mass is 360 g/mol. The first-order valence-corrected chi connectivity index (χ1v) is 7.66. The van der Waals surface area contributed by atoms with Crippen molar-refractivity contribution in [1.82, 2.24) is 5.43 Å². The Morgan fingerprint density at radius 1 is 1.23 bits per heavy atom. The highest BCUT2D eigenvalue weighted by molar-refractivity contribution is 9.10. The van der Waals surface area contributed by atoms with Crippen LogP contribution in [0.5, 0.6) is 5.75 Å². The lowest BCUT2D eigenvalue weighted by Gasteiger charge is -2.13. The quantitative estimate of drug-likeness (QED) is 0.653. The number of carbonyl (C=O) groups is 1. The molecular formula is C17H17BrN2O2. The summed E-state index contributed by atoms with van der Waals surface area (Å²) < 4.78 is 6.40. The molecule has 22 heavy (non-hydrogen) atoms. The van der Waals surface area contributed by atoms with Crippen molar-refractivity contribution in [3.63, 3.8) is 0 Å². The van der Waals surface area contributed by atoms with Crippen LogP contribution in [0, 0.1) is 6.92 Å². The topological polar surface area (TPSA) is 50.7 Å². The summed E-state index contributed by atoms with van der Waals surface area (Å²) in [5.41, 5.74) is 4.57. The highest BCUT2D eigenvalue weighted by Gasteiger charge is 2.14. The third-order valence-corrected chi connectivity index (χ3v) is 3.63. The van der Waals surface area contributed by atoms with Crippen molar-refractivity contribution < 1.29 is 9.53 Å². The van der Waals surface area contributed by atoms with E-state index in [1.807, 2.05) is 49.4 Å². The summed E-state index contributed by atoms with van der Waals surface area (Å²) in [4.78, 5) is 11.9. The molecule has 4 nitrogen and oxygen atoms in total. The molecule has 0 bridgehead atoms. The Bertz CT molecular complexity index is 669. The molecule has 1 atom stereocenters. The maximum absolute atomic E-state index is 11.9. The van der Waals surface area contributed by atoms with Gasteiger partial charge in [0.05, 0.1) is 10.7 Å². The molecule has 2 aromatic rings. The van der Waals surface area contributed by atoms with Gasteiger partial charge in [0.2, 0.25) is 0 Å². The summed E-state index contributed by atoms with van der Waals surface area (Å²) in [6.45, 7) is 3.69. The molecule has 0 unspecified atom stereocenters. The molecule has 0 saturated carbocycles. The van der Waals surface area contributed by atoms with Gasteiger partial charge >= 0.3 is 0 Å². The number of hydrazone groups is 1. The lowest BCUT2D eigenvalue weighted by Crippen LogP contribution is -2.33. The van der Waals surface area contributed by atoms with Crippen LogP contribution in [0.4, 0.5) is 0 Å². The van der Waals surface area contributed by atoms with E-state index < -0.39 is 6.10 Å². The van der Waals surface area contributed by atoms with Crippen LogP contribution in [0.25, 0.3) is 0 Å². The van der Waals surface area contributed by atoms with Gasteiger partial charge in [-0.3, -0.25) is 4.79 Å². The summed E-state index contributed by atoms with van der Waals surface area (Å²) >= 11 is 3.38. The van der Waals surface area contributed by atoms with Crippen molar-refractivity contribution in [2.24, 2.45) is 5.10 Å². The second-order valence-corrected chi connectivity index (χ2v) is 5.69. The molecule has 0 fully saturated rings. The van der Waals surface area contributed by atoms with E-state index in [0.29, 0.717) is 5.75 Å². The van der Waals surface area contributed by atoms with E-state index in [1.54, 1.807) is 19.2 Å². The van der Waals surface area contributed by atoms with E-state index in [0.717, 1.165) is 10.0 Å². The molecule has 1 N–H and O–H groups in total. The number of hydrogen-bond donors (Lipinski definition) is 1. The number of benzene rings is 2. The molecule has 0 spiro atoms. The van der Waals surface area contributed by atoms with Gasteiger partial charge < -0.3 is 4.74 Å². The van der Waals surface area contributed by atoms with Crippen LogP contribution >= 0.6 is 15.9 Å². The number of nitrogens with zero attached hydrogens (tertiary/aromatic N) is 1. The van der Waals surface area contributed by atoms with Crippen LogP contribution < -0.4 is 10.2 Å². The van der Waals surface area contributed by atoms with Crippen molar-refractivity contribution in [2.75, 3.05) is 0 Å². The molecule has 2 rings (SSSR count). The number of ether oxygens (including phenoxy) is 1. The van der Waals surface area contributed by atoms with E-state index in [4.69, 9.17) is 4.74 Å². The van der Waals surface area contributed by atoms with Gasteiger partial charge in [0.25, 0.3) is 5.91 Å². The molecule has 0 aliphatic heterocycles. The van der Waals surface area contributed by atoms with Crippen molar-refractivity contribution in [3.05, 3.63) is 64.1 Å². The lowest BCUT2D eigenvalue weighted by atomic mass is 10.2. The maximum atomic E-state index is 11.9. The number of hydrogen-bond acceptors (Lipinski definition) is 3. The molecule has 0 aliphatic carbocycles. The predicted molar refractivity (Wildman–Crippen MR) is 91.1 cm³/mol. The second kappa shape index (κ2) is 7.75. The number of carbonyl (C=O) groups excluding carboxylic acids is 1. The third-order valence-electron chi connectivity index (χ3n) is 2.98. The molecule has 5 heteroatoms. The van der Waals surface area contributed by atoms with Gasteiger partial charge in [0.15, 0.2) is 6.10 Å². The zero-order valence-corrected chi connectivity index (χ0v) is 14.0. The van der Waals surface area contributed by atoms with Gasteiger partial charge in [0.1, 0.15) is 5.75 Å². The van der Waals surface area contributed by atoms with Crippen molar-refractivity contribution in [1.29, 1.82) is 0 Å². The minimum atomic E-state index is -0.645. The molecule has 2 aromatic carbocycles. The van der Waals surface area contributed by atoms with E-state index in [9.17, 15) is 4.79 Å². The Morgan fingerprint density at radius 2 is 1.91 bits per heavy atom. The van der Waals surface area contributed by atoms with E-state index in [1.165, 1.54) is 5.56 Å². The number of aryl methyl sites for hydroxylation is 1. The third kappa shape index (κ3) is 4.70. The van der Waals surface area contributed by atoms with E-state index in [-0.39, 0.29) is 5.91 Å². The zero-order valence-electron chi connectivity index (χ0n) is 12.4. The van der Waals surface area contributed by atoms with Gasteiger partial charge in [0, 0.05) is 0 Å². The van der Waals surface area contributed by atoms with E-state index >= 15 is 0 Å². The predicted octanol–water partition coefficient (Wildman–Crippen LogP) is 3.68. The zero-order chi connectivity index (χ0) is 15.9. The molecule has 0 heterocycles. The first-order chi connectivity index (χ1) is 10.6. The SMILES string of the molecule is Cc1ccc(C=NNC(=O)[C@@H](C)Oc2ccccc2Br)cc1. The van der Waals surface area contributed by atoms with Crippen LogP contribution in [0.1, 0.15) is 18.1 Å². The summed E-state index contributed by atoms with van der Waals surface area (Å²) in [7, 11) is 0. The highest BCUT2D eigenvalue weighted by Crippen LogP contribution is 2.24. The van der Waals surface area contributed by atoms with Crippen LogP contribution in [-0.4, -0.2) is 18.2 Å². The first kappa shape index (κ1) is 16.2. The maximum Gasteiger partial charge on any atom is 0.280 e. The normalized spacial score (nSPS) is 12.1. The smallest absolute Gasteiger partial charge is 0.280 e. The summed E-state index contributed by atoms with van der Waals surface area (Å²) in [5.74, 6) is 0.312. The fourth-order valence-electron chi connectivity index (χ4n) is 1.70. The molecule has 0 aromatic heterocycles. The second-order valence-electron chi connectivity index (χ2n) is 4.84. The molecule has 0 saturated heterocycles. The number of para-hydroxylation sites is 1.